The van der Waals surface area contributed by atoms with Gasteiger partial charge in [0.25, 0.3) is 0 Å². The molecule has 1 aliphatic rings. The predicted molar refractivity (Wildman–Crippen MR) is 266 cm³/mol. The Morgan fingerprint density at radius 1 is 0.542 bits per heavy atom. The molecular weight excluding hydrogens is 939 g/mol. The Balaban J connectivity index is 1.97. The van der Waals surface area contributed by atoms with Crippen LogP contribution in [-0.2, 0) is 49.6 Å². The molecule has 0 bridgehead atoms. The number of carboxylic acids is 5. The number of carboxylic acid groups (broad SMARTS) is 5. The van der Waals surface area contributed by atoms with Gasteiger partial charge < -0.3 is 52.1 Å². The van der Waals surface area contributed by atoms with Crippen molar-refractivity contribution >= 4 is 53.5 Å². The maximum Gasteiger partial charge on any atom is 0.326 e. The third kappa shape index (κ3) is 28.6. The summed E-state index contributed by atoms with van der Waals surface area (Å²) in [5, 5.41) is 62.7. The molecule has 1 aliphatic heterocycles. The van der Waals surface area contributed by atoms with E-state index in [2.05, 4.69) is 40.1 Å². The minimum atomic E-state index is -1.27. The number of carbonyl (C=O) groups is 9. The maximum atomic E-state index is 13.6. The molecule has 10 N–H and O–H groups in total. The van der Waals surface area contributed by atoms with Crippen LogP contribution in [0.1, 0.15) is 96.0 Å². The van der Waals surface area contributed by atoms with Gasteiger partial charge in [0.15, 0.2) is 0 Å². The first-order valence-electron chi connectivity index (χ1n) is 25.0. The minimum absolute atomic E-state index is 0.00233. The van der Waals surface area contributed by atoms with Crippen molar-refractivity contribution in [2.24, 2.45) is 0 Å². The van der Waals surface area contributed by atoms with Crippen LogP contribution in [0.5, 0.6) is 0 Å². The van der Waals surface area contributed by atoms with Crippen LogP contribution in [0, 0.1) is 0 Å². The van der Waals surface area contributed by atoms with Crippen LogP contribution in [0.25, 0.3) is 0 Å². The fourth-order valence-electron chi connectivity index (χ4n) is 8.02. The number of hydrogen-bond acceptors (Lipinski definition) is 14. The Morgan fingerprint density at radius 2 is 1.04 bits per heavy atom. The Kier molecular flexibility index (Phi) is 30.8. The second-order valence-corrected chi connectivity index (χ2v) is 18.1. The highest BCUT2D eigenvalue weighted by Gasteiger charge is 2.30. The molecule has 1 heterocycles. The van der Waals surface area contributed by atoms with E-state index in [1.807, 2.05) is 0 Å². The molecule has 2 rings (SSSR count). The number of rotatable bonds is 35. The van der Waals surface area contributed by atoms with Gasteiger partial charge in [-0.15, -0.1) is 0 Å². The van der Waals surface area contributed by atoms with E-state index in [9.17, 15) is 68.7 Å². The van der Waals surface area contributed by atoms with Crippen molar-refractivity contribution in [1.82, 2.24) is 46.2 Å². The standard InChI is InChI=1S/C49H79N9O14/c1-3-4-21-50-41(59)17-10-5-6-11-18-42(60)51-22-13-12-16-38(48(69)70)54-47(68)39(31-37-14-8-7-9-15-37)53-43(61)32-52-36(2)19-20-40(49(71)72)58-29-27-56(34-45(64)65)25-23-55(33-44(62)63)24-26-57(28-30-58)35-46(66)67/h7-9,14-15,38-40,52H,2-6,10-13,16-35H2,1H3,(H,50,59)(H,51,60)(H,53,61)(H,54,68)(H,62,63)(H,64,65)(H,66,67)(H,69,70)(H,71,72)/t38?,39-,40?/m1/s1. The average molecular weight is 1020 g/mol. The van der Waals surface area contributed by atoms with Gasteiger partial charge in [-0.3, -0.25) is 58.0 Å². The zero-order valence-corrected chi connectivity index (χ0v) is 41.8. The summed E-state index contributed by atoms with van der Waals surface area (Å²) in [7, 11) is 0. The van der Waals surface area contributed by atoms with E-state index in [1.165, 1.54) is 0 Å². The Labute approximate surface area is 422 Å². The smallest absolute Gasteiger partial charge is 0.326 e. The van der Waals surface area contributed by atoms with Crippen molar-refractivity contribution in [2.75, 3.05) is 91.6 Å². The summed E-state index contributed by atoms with van der Waals surface area (Å²) in [4.78, 5) is 117. The first-order chi connectivity index (χ1) is 34.4. The van der Waals surface area contributed by atoms with Crippen LogP contribution in [-0.4, -0.2) is 208 Å². The Hall–Kier alpha value is -6.17. The van der Waals surface area contributed by atoms with Crippen LogP contribution in [0.3, 0.4) is 0 Å². The lowest BCUT2D eigenvalue weighted by atomic mass is 10.0. The number of nitrogens with one attached hydrogen (secondary N) is 5. The number of amides is 4. The molecule has 1 aromatic rings. The zero-order chi connectivity index (χ0) is 53.3. The molecule has 0 radical (unpaired) electrons. The molecule has 1 aromatic carbocycles. The Bertz CT molecular complexity index is 1860. The molecule has 0 spiro atoms. The van der Waals surface area contributed by atoms with Gasteiger partial charge in [0.05, 0.1) is 26.2 Å². The zero-order valence-electron chi connectivity index (χ0n) is 41.8. The van der Waals surface area contributed by atoms with Gasteiger partial charge >= 0.3 is 29.8 Å². The minimum Gasteiger partial charge on any atom is -0.480 e. The Morgan fingerprint density at radius 3 is 1.51 bits per heavy atom. The van der Waals surface area contributed by atoms with E-state index < -0.39 is 59.8 Å². The molecule has 23 heteroatoms. The average Bonchev–Trinajstić information content (AvgIpc) is 3.31. The van der Waals surface area contributed by atoms with Crippen LogP contribution in [0.2, 0.25) is 0 Å². The highest BCUT2D eigenvalue weighted by Crippen LogP contribution is 2.14. The number of carbonyl (C=O) groups excluding carboxylic acids is 4. The number of nitrogens with zero attached hydrogens (tertiary/aromatic N) is 4. The van der Waals surface area contributed by atoms with E-state index >= 15 is 0 Å². The number of aliphatic carboxylic acids is 5. The van der Waals surface area contributed by atoms with E-state index in [1.54, 1.807) is 49.9 Å². The largest absolute Gasteiger partial charge is 0.480 e. The van der Waals surface area contributed by atoms with Crippen molar-refractivity contribution < 1.29 is 68.7 Å². The highest BCUT2D eigenvalue weighted by atomic mass is 16.4. The van der Waals surface area contributed by atoms with Gasteiger partial charge in [0.1, 0.15) is 18.1 Å². The van der Waals surface area contributed by atoms with E-state index in [0.717, 1.165) is 32.1 Å². The molecule has 2 unspecified atom stereocenters. The lowest BCUT2D eigenvalue weighted by Gasteiger charge is -2.35. The molecule has 0 aromatic heterocycles. The van der Waals surface area contributed by atoms with Gasteiger partial charge in [0.2, 0.25) is 23.6 Å². The van der Waals surface area contributed by atoms with Crippen molar-refractivity contribution in [1.29, 1.82) is 0 Å². The van der Waals surface area contributed by atoms with Crippen LogP contribution in [0.15, 0.2) is 42.6 Å². The van der Waals surface area contributed by atoms with Gasteiger partial charge in [-0.05, 0) is 56.9 Å². The molecule has 0 aliphatic carbocycles. The number of allylic oxidation sites excluding steroid dienone is 1. The van der Waals surface area contributed by atoms with E-state index in [-0.39, 0.29) is 116 Å². The first kappa shape index (κ1) is 61.9. The molecule has 1 fully saturated rings. The predicted octanol–water partition coefficient (Wildman–Crippen LogP) is 0.639. The maximum absolute atomic E-state index is 13.6. The van der Waals surface area contributed by atoms with Gasteiger partial charge in [-0.25, -0.2) is 4.79 Å². The second kappa shape index (κ2) is 35.9. The highest BCUT2D eigenvalue weighted by molar-refractivity contribution is 5.91. The monoisotopic (exact) mass is 1020 g/mol. The number of unbranched alkanes of at least 4 members (excludes halogenated alkanes) is 5. The third-order valence-electron chi connectivity index (χ3n) is 12.1. The van der Waals surface area contributed by atoms with Crippen LogP contribution >= 0.6 is 0 Å². The summed E-state index contributed by atoms with van der Waals surface area (Å²) >= 11 is 0. The molecule has 23 nitrogen and oxygen atoms in total. The topological polar surface area (TPSA) is 328 Å². The van der Waals surface area contributed by atoms with Crippen LogP contribution < -0.4 is 26.6 Å². The summed E-state index contributed by atoms with van der Waals surface area (Å²) < 4.78 is 0. The molecule has 1 saturated heterocycles. The third-order valence-corrected chi connectivity index (χ3v) is 12.1. The van der Waals surface area contributed by atoms with Gasteiger partial charge in [-0.2, -0.15) is 0 Å². The second-order valence-electron chi connectivity index (χ2n) is 18.1. The molecule has 72 heavy (non-hydrogen) atoms. The molecule has 3 atom stereocenters. The SMILES string of the molecule is C=C(CCC(C(=O)O)N1CCN(CC(=O)O)CCN(CC(=O)O)CCN(CC(=O)O)CC1)NCC(=O)N[C@H](Cc1ccccc1)C(=O)NC(CCCCNC(=O)CCCCCCC(=O)NCCCC)C(=O)O. The van der Waals surface area contributed by atoms with Crippen LogP contribution in [0.4, 0.5) is 0 Å². The summed E-state index contributed by atoms with van der Waals surface area (Å²) in [6, 6.07) is 5.23. The molecule has 404 valence electrons. The lowest BCUT2D eigenvalue weighted by molar-refractivity contribution is -0.145. The fourth-order valence-corrected chi connectivity index (χ4v) is 8.02. The van der Waals surface area contributed by atoms with Gasteiger partial charge in [0, 0.05) is 90.4 Å². The molecule has 0 saturated carbocycles. The fraction of sp³-hybridized carbons (Fsp3) is 0.653. The molecular formula is C49H79N9O14. The van der Waals surface area contributed by atoms with Gasteiger partial charge in [-0.1, -0.05) is 63.1 Å². The van der Waals surface area contributed by atoms with E-state index in [0.29, 0.717) is 56.5 Å². The number of hydrogen-bond donors (Lipinski definition) is 10. The van der Waals surface area contributed by atoms with Crippen molar-refractivity contribution in [3.05, 3.63) is 48.2 Å². The number of benzene rings is 1. The summed E-state index contributed by atoms with van der Waals surface area (Å²) in [6.07, 6.45) is 6.93. The normalized spacial score (nSPS) is 15.6. The van der Waals surface area contributed by atoms with E-state index in [4.69, 9.17) is 0 Å². The van der Waals surface area contributed by atoms with Crippen molar-refractivity contribution in [2.45, 2.75) is 115 Å². The molecule has 4 amide bonds. The lowest BCUT2D eigenvalue weighted by Crippen LogP contribution is -2.53. The summed E-state index contributed by atoms with van der Waals surface area (Å²) in [5.41, 5.74) is 0.993. The summed E-state index contributed by atoms with van der Waals surface area (Å²) in [6.45, 7) is 6.69. The van der Waals surface area contributed by atoms with Crippen molar-refractivity contribution in [3.63, 3.8) is 0 Å². The quantitative estimate of drug-likeness (QED) is 0.0417. The van der Waals surface area contributed by atoms with Crippen molar-refractivity contribution in [3.8, 4) is 0 Å². The summed E-state index contributed by atoms with van der Waals surface area (Å²) in [5.74, 6) is -7.20. The first-order valence-corrected chi connectivity index (χ1v) is 25.0.